The van der Waals surface area contributed by atoms with Crippen molar-refractivity contribution in [3.63, 3.8) is 0 Å². The standard InChI is InChI=1S/C24H33BO6/c1-23(2)24(3,4)31-25(30-23)20-12-11-19(27-6)15-18(20)10-8-17-9-13-21(28-7)22(14-17)29-16-26-5/h9,11-15H,8,10,16H2,1-7H3. The number of ether oxygens (including phenoxy) is 4. The lowest BCUT2D eigenvalue weighted by atomic mass is 9.74. The van der Waals surface area contributed by atoms with Gasteiger partial charge in [-0.25, -0.2) is 0 Å². The van der Waals surface area contributed by atoms with Crippen LogP contribution in [0.3, 0.4) is 0 Å². The molecule has 0 radical (unpaired) electrons. The van der Waals surface area contributed by atoms with Gasteiger partial charge in [-0.1, -0.05) is 12.1 Å². The Hall–Kier alpha value is -2.22. The van der Waals surface area contributed by atoms with Crippen molar-refractivity contribution in [1.82, 2.24) is 0 Å². The summed E-state index contributed by atoms with van der Waals surface area (Å²) in [5.41, 5.74) is 2.52. The fraction of sp³-hybridized carbons (Fsp3) is 0.500. The van der Waals surface area contributed by atoms with Crippen molar-refractivity contribution in [1.29, 1.82) is 0 Å². The van der Waals surface area contributed by atoms with Crippen LogP contribution in [0.5, 0.6) is 17.2 Å². The zero-order valence-corrected chi connectivity index (χ0v) is 19.6. The van der Waals surface area contributed by atoms with E-state index in [1.54, 1.807) is 21.3 Å². The van der Waals surface area contributed by atoms with Gasteiger partial charge in [-0.05, 0) is 81.4 Å². The molecule has 0 aromatic heterocycles. The van der Waals surface area contributed by atoms with Crippen LogP contribution in [0.25, 0.3) is 0 Å². The van der Waals surface area contributed by atoms with Gasteiger partial charge in [0.2, 0.25) is 0 Å². The summed E-state index contributed by atoms with van der Waals surface area (Å²) in [4.78, 5) is 0. The maximum atomic E-state index is 6.30. The van der Waals surface area contributed by atoms with E-state index < -0.39 is 18.3 Å². The average molecular weight is 428 g/mol. The molecule has 0 amide bonds. The van der Waals surface area contributed by atoms with Gasteiger partial charge >= 0.3 is 7.12 Å². The molecule has 1 aliphatic heterocycles. The van der Waals surface area contributed by atoms with Crippen LogP contribution in [0, 0.1) is 0 Å². The summed E-state index contributed by atoms with van der Waals surface area (Å²) in [6, 6.07) is 12.0. The van der Waals surface area contributed by atoms with E-state index in [4.69, 9.17) is 28.3 Å². The Balaban J connectivity index is 1.83. The van der Waals surface area contributed by atoms with E-state index in [2.05, 4.69) is 33.8 Å². The molecule has 1 aliphatic rings. The van der Waals surface area contributed by atoms with Crippen LogP contribution in [0.4, 0.5) is 0 Å². The molecule has 0 saturated carbocycles. The minimum Gasteiger partial charge on any atom is -0.497 e. The molecule has 0 atom stereocenters. The predicted molar refractivity (Wildman–Crippen MR) is 122 cm³/mol. The number of benzene rings is 2. The Morgan fingerprint density at radius 1 is 0.806 bits per heavy atom. The maximum Gasteiger partial charge on any atom is 0.495 e. The molecule has 0 aliphatic carbocycles. The van der Waals surface area contributed by atoms with Gasteiger partial charge in [-0.15, -0.1) is 0 Å². The van der Waals surface area contributed by atoms with E-state index in [1.807, 2.05) is 30.3 Å². The lowest BCUT2D eigenvalue weighted by Gasteiger charge is -2.32. The van der Waals surface area contributed by atoms with E-state index in [-0.39, 0.29) is 6.79 Å². The van der Waals surface area contributed by atoms with Gasteiger partial charge in [-0.2, -0.15) is 0 Å². The molecule has 3 rings (SSSR count). The van der Waals surface area contributed by atoms with Crippen LogP contribution in [0.15, 0.2) is 36.4 Å². The molecule has 0 N–H and O–H groups in total. The molecule has 2 aromatic carbocycles. The van der Waals surface area contributed by atoms with E-state index in [1.165, 1.54) is 0 Å². The van der Waals surface area contributed by atoms with Gasteiger partial charge in [0.15, 0.2) is 18.3 Å². The Bertz CT molecular complexity index is 880. The predicted octanol–water partition coefficient (Wildman–Crippen LogP) is 3.77. The van der Waals surface area contributed by atoms with E-state index in [9.17, 15) is 0 Å². The maximum absolute atomic E-state index is 6.30. The fourth-order valence-electron chi connectivity index (χ4n) is 3.52. The molecule has 0 bridgehead atoms. The fourth-order valence-corrected chi connectivity index (χ4v) is 3.52. The van der Waals surface area contributed by atoms with Gasteiger partial charge in [0.05, 0.1) is 25.4 Å². The second-order valence-corrected chi connectivity index (χ2v) is 8.69. The van der Waals surface area contributed by atoms with Crippen LogP contribution in [-0.2, 0) is 26.9 Å². The number of methoxy groups -OCH3 is 3. The molecule has 0 unspecified atom stereocenters. The molecule has 1 heterocycles. The van der Waals surface area contributed by atoms with Gasteiger partial charge in [0.25, 0.3) is 0 Å². The Labute approximate surface area is 185 Å². The first-order valence-electron chi connectivity index (χ1n) is 10.5. The first kappa shape index (κ1) is 23.4. The van der Waals surface area contributed by atoms with Crippen LogP contribution >= 0.6 is 0 Å². The SMILES string of the molecule is COCOc1cc(CCc2cc(OC)ccc2B2OC(C)(C)C(C)(C)O2)ccc1OC. The summed E-state index contributed by atoms with van der Waals surface area (Å²) < 4.78 is 34.1. The second kappa shape index (κ2) is 9.51. The first-order valence-corrected chi connectivity index (χ1v) is 10.5. The van der Waals surface area contributed by atoms with Crippen molar-refractivity contribution in [2.75, 3.05) is 28.1 Å². The quantitative estimate of drug-likeness (QED) is 0.448. The summed E-state index contributed by atoms with van der Waals surface area (Å²) in [5.74, 6) is 2.16. The Morgan fingerprint density at radius 3 is 2.13 bits per heavy atom. The molecule has 168 valence electrons. The highest BCUT2D eigenvalue weighted by Crippen LogP contribution is 2.37. The van der Waals surface area contributed by atoms with Crippen molar-refractivity contribution < 1.29 is 28.3 Å². The molecule has 7 heteroatoms. The summed E-state index contributed by atoms with van der Waals surface area (Å²) in [6.45, 7) is 8.43. The van der Waals surface area contributed by atoms with Crippen LogP contribution in [-0.4, -0.2) is 46.4 Å². The number of aryl methyl sites for hydroxylation is 2. The molecule has 1 saturated heterocycles. The molecule has 0 spiro atoms. The van der Waals surface area contributed by atoms with Crippen molar-refractivity contribution >= 4 is 12.6 Å². The molecule has 6 nitrogen and oxygen atoms in total. The number of hydrogen-bond donors (Lipinski definition) is 0. The van der Waals surface area contributed by atoms with E-state index in [0.717, 1.165) is 35.2 Å². The largest absolute Gasteiger partial charge is 0.497 e. The summed E-state index contributed by atoms with van der Waals surface area (Å²) in [6.07, 6.45) is 1.61. The third-order valence-electron chi connectivity index (χ3n) is 6.10. The highest BCUT2D eigenvalue weighted by molar-refractivity contribution is 6.62. The summed E-state index contributed by atoms with van der Waals surface area (Å²) in [7, 11) is 4.48. The van der Waals surface area contributed by atoms with Gasteiger partial charge in [0, 0.05) is 7.11 Å². The average Bonchev–Trinajstić information content (AvgIpc) is 2.97. The smallest absolute Gasteiger partial charge is 0.495 e. The first-order chi connectivity index (χ1) is 14.7. The van der Waals surface area contributed by atoms with Crippen LogP contribution in [0.1, 0.15) is 38.8 Å². The Morgan fingerprint density at radius 2 is 1.52 bits per heavy atom. The number of hydrogen-bond acceptors (Lipinski definition) is 6. The van der Waals surface area contributed by atoms with Crippen molar-refractivity contribution in [2.24, 2.45) is 0 Å². The zero-order valence-electron chi connectivity index (χ0n) is 19.6. The molecular formula is C24H33BO6. The van der Waals surface area contributed by atoms with Crippen LogP contribution in [0.2, 0.25) is 0 Å². The second-order valence-electron chi connectivity index (χ2n) is 8.69. The van der Waals surface area contributed by atoms with Crippen molar-refractivity contribution in [3.05, 3.63) is 47.5 Å². The van der Waals surface area contributed by atoms with Crippen LogP contribution < -0.4 is 19.7 Å². The topological polar surface area (TPSA) is 55.4 Å². The van der Waals surface area contributed by atoms with Crippen molar-refractivity contribution in [2.45, 2.75) is 51.7 Å². The highest BCUT2D eigenvalue weighted by Gasteiger charge is 2.52. The molecule has 1 fully saturated rings. The summed E-state index contributed by atoms with van der Waals surface area (Å²) >= 11 is 0. The third kappa shape index (κ3) is 5.17. The zero-order chi connectivity index (χ0) is 22.6. The monoisotopic (exact) mass is 428 g/mol. The molecular weight excluding hydrogens is 395 g/mol. The molecule has 2 aromatic rings. The lowest BCUT2D eigenvalue weighted by molar-refractivity contribution is 0.00578. The molecule has 31 heavy (non-hydrogen) atoms. The normalized spacial score (nSPS) is 16.9. The minimum atomic E-state index is -0.414. The van der Waals surface area contributed by atoms with Gasteiger partial charge < -0.3 is 28.3 Å². The Kier molecular flexibility index (Phi) is 7.19. The highest BCUT2D eigenvalue weighted by atomic mass is 16.7. The van der Waals surface area contributed by atoms with E-state index >= 15 is 0 Å². The van der Waals surface area contributed by atoms with Gasteiger partial charge in [-0.3, -0.25) is 0 Å². The summed E-state index contributed by atoms with van der Waals surface area (Å²) in [5, 5.41) is 0. The lowest BCUT2D eigenvalue weighted by Crippen LogP contribution is -2.41. The van der Waals surface area contributed by atoms with Gasteiger partial charge in [0.1, 0.15) is 5.75 Å². The van der Waals surface area contributed by atoms with Crippen molar-refractivity contribution in [3.8, 4) is 17.2 Å². The number of rotatable bonds is 9. The third-order valence-corrected chi connectivity index (χ3v) is 6.10. The minimum absolute atomic E-state index is 0.168. The van der Waals surface area contributed by atoms with E-state index in [0.29, 0.717) is 11.5 Å².